The van der Waals surface area contributed by atoms with E-state index in [1.165, 1.54) is 7.11 Å². The molecule has 8 nitrogen and oxygen atoms in total. The lowest BCUT2D eigenvalue weighted by molar-refractivity contribution is -0.118. The molecule has 0 spiro atoms. The monoisotopic (exact) mass is 226 g/mol. The number of carbonyl (C=O) groups excluding carboxylic acids is 1. The SMILES string of the molecule is COc1nc(N)nc(NC(C)CC(N)=O)n1. The summed E-state index contributed by atoms with van der Waals surface area (Å²) in [5.41, 5.74) is 10.5. The number of methoxy groups -OCH3 is 1. The van der Waals surface area contributed by atoms with Gasteiger partial charge in [-0.05, 0) is 6.92 Å². The van der Waals surface area contributed by atoms with Crippen LogP contribution in [0.4, 0.5) is 11.9 Å². The topological polar surface area (TPSA) is 129 Å². The fourth-order valence-corrected chi connectivity index (χ4v) is 1.10. The molecule has 0 aromatic carbocycles. The molecule has 1 amide bonds. The molecule has 5 N–H and O–H groups in total. The first-order valence-electron chi connectivity index (χ1n) is 4.61. The van der Waals surface area contributed by atoms with Crippen molar-refractivity contribution in [2.45, 2.75) is 19.4 Å². The summed E-state index contributed by atoms with van der Waals surface area (Å²) < 4.78 is 4.82. The number of hydrogen-bond donors (Lipinski definition) is 3. The summed E-state index contributed by atoms with van der Waals surface area (Å²) in [6.45, 7) is 1.78. The highest BCUT2D eigenvalue weighted by Gasteiger charge is 2.09. The zero-order valence-corrected chi connectivity index (χ0v) is 9.10. The van der Waals surface area contributed by atoms with Gasteiger partial charge in [0.25, 0.3) is 0 Å². The molecule has 8 heteroatoms. The van der Waals surface area contributed by atoms with Crippen LogP contribution in [0.25, 0.3) is 0 Å². The highest BCUT2D eigenvalue weighted by Crippen LogP contribution is 2.09. The van der Waals surface area contributed by atoms with Gasteiger partial charge in [0.05, 0.1) is 7.11 Å². The largest absolute Gasteiger partial charge is 0.467 e. The molecule has 0 aliphatic carbocycles. The first-order chi connectivity index (χ1) is 7.51. The van der Waals surface area contributed by atoms with Crippen molar-refractivity contribution >= 4 is 17.8 Å². The second-order valence-electron chi connectivity index (χ2n) is 3.22. The Morgan fingerprint density at radius 1 is 1.50 bits per heavy atom. The summed E-state index contributed by atoms with van der Waals surface area (Å²) in [7, 11) is 1.42. The first-order valence-corrected chi connectivity index (χ1v) is 4.61. The van der Waals surface area contributed by atoms with Crippen molar-refractivity contribution in [3.8, 4) is 6.01 Å². The molecule has 1 rings (SSSR count). The lowest BCUT2D eigenvalue weighted by Gasteiger charge is -2.12. The van der Waals surface area contributed by atoms with Gasteiger partial charge in [-0.2, -0.15) is 15.0 Å². The Morgan fingerprint density at radius 3 is 2.75 bits per heavy atom. The molecule has 1 unspecified atom stereocenters. The average Bonchev–Trinajstić information content (AvgIpc) is 2.14. The zero-order valence-electron chi connectivity index (χ0n) is 9.10. The smallest absolute Gasteiger partial charge is 0.322 e. The van der Waals surface area contributed by atoms with Gasteiger partial charge in [-0.3, -0.25) is 4.79 Å². The van der Waals surface area contributed by atoms with Crippen molar-refractivity contribution in [1.29, 1.82) is 0 Å². The molecule has 0 aliphatic rings. The number of nitrogens with zero attached hydrogens (tertiary/aromatic N) is 3. The number of carbonyl (C=O) groups is 1. The number of anilines is 2. The quantitative estimate of drug-likeness (QED) is 0.595. The minimum absolute atomic E-state index is 0.0422. The van der Waals surface area contributed by atoms with Crippen LogP contribution in [0.5, 0.6) is 6.01 Å². The molecule has 16 heavy (non-hydrogen) atoms. The molecule has 1 aromatic heterocycles. The maximum Gasteiger partial charge on any atom is 0.322 e. The van der Waals surface area contributed by atoms with Gasteiger partial charge in [-0.1, -0.05) is 0 Å². The molecule has 0 saturated carbocycles. The third kappa shape index (κ3) is 3.56. The predicted molar refractivity (Wildman–Crippen MR) is 57.7 cm³/mol. The van der Waals surface area contributed by atoms with Gasteiger partial charge in [-0.25, -0.2) is 0 Å². The Labute approximate surface area is 92.4 Å². The van der Waals surface area contributed by atoms with Crippen LogP contribution >= 0.6 is 0 Å². The van der Waals surface area contributed by atoms with Gasteiger partial charge in [-0.15, -0.1) is 0 Å². The molecule has 0 aliphatic heterocycles. The summed E-state index contributed by atoms with van der Waals surface area (Å²) >= 11 is 0. The van der Waals surface area contributed by atoms with E-state index >= 15 is 0 Å². The molecule has 1 heterocycles. The molecule has 0 radical (unpaired) electrons. The number of nitrogens with one attached hydrogen (secondary N) is 1. The third-order valence-electron chi connectivity index (χ3n) is 1.70. The molecular weight excluding hydrogens is 212 g/mol. The van der Waals surface area contributed by atoms with Crippen molar-refractivity contribution in [3.05, 3.63) is 0 Å². The summed E-state index contributed by atoms with van der Waals surface area (Å²) in [5, 5.41) is 2.87. The molecule has 0 saturated heterocycles. The highest BCUT2D eigenvalue weighted by atomic mass is 16.5. The minimum Gasteiger partial charge on any atom is -0.467 e. The molecular formula is C8H14N6O2. The van der Waals surface area contributed by atoms with Crippen molar-refractivity contribution < 1.29 is 9.53 Å². The fourth-order valence-electron chi connectivity index (χ4n) is 1.10. The van der Waals surface area contributed by atoms with E-state index in [1.807, 2.05) is 0 Å². The number of primary amides is 1. The summed E-state index contributed by atoms with van der Waals surface area (Å²) in [4.78, 5) is 22.1. The van der Waals surface area contributed by atoms with Crippen LogP contribution in [0.2, 0.25) is 0 Å². The van der Waals surface area contributed by atoms with E-state index in [9.17, 15) is 4.79 Å². The number of ether oxygens (including phenoxy) is 1. The Balaban J connectivity index is 2.72. The number of nitrogen functional groups attached to an aromatic ring is 1. The van der Waals surface area contributed by atoms with Crippen molar-refractivity contribution in [3.63, 3.8) is 0 Å². The number of aromatic nitrogens is 3. The van der Waals surface area contributed by atoms with Crippen molar-refractivity contribution in [2.75, 3.05) is 18.2 Å². The second-order valence-corrected chi connectivity index (χ2v) is 3.22. The van der Waals surface area contributed by atoms with Crippen LogP contribution in [-0.2, 0) is 4.79 Å². The Morgan fingerprint density at radius 2 is 2.19 bits per heavy atom. The Hall–Kier alpha value is -2.12. The standard InChI is InChI=1S/C8H14N6O2/c1-4(3-5(9)15)11-7-12-6(10)13-8(14-7)16-2/h4H,3H2,1-2H3,(H2,9,15)(H3,10,11,12,13,14). The summed E-state index contributed by atoms with van der Waals surface area (Å²) in [6.07, 6.45) is 0.175. The summed E-state index contributed by atoms with van der Waals surface area (Å²) in [6, 6.07) is -0.0784. The molecule has 0 bridgehead atoms. The third-order valence-corrected chi connectivity index (χ3v) is 1.70. The van der Waals surface area contributed by atoms with E-state index in [-0.39, 0.29) is 30.4 Å². The lowest BCUT2D eigenvalue weighted by atomic mass is 10.2. The predicted octanol–water partition coefficient (Wildman–Crippen LogP) is -0.862. The number of hydrogen-bond acceptors (Lipinski definition) is 7. The lowest BCUT2D eigenvalue weighted by Crippen LogP contribution is -2.25. The summed E-state index contributed by atoms with van der Waals surface area (Å²) in [5.74, 6) is -0.118. The van der Waals surface area contributed by atoms with E-state index in [1.54, 1.807) is 6.92 Å². The number of rotatable bonds is 5. The average molecular weight is 226 g/mol. The van der Waals surface area contributed by atoms with E-state index in [4.69, 9.17) is 16.2 Å². The van der Waals surface area contributed by atoms with Crippen LogP contribution in [0, 0.1) is 0 Å². The molecule has 88 valence electrons. The van der Waals surface area contributed by atoms with Gasteiger partial charge in [0.2, 0.25) is 17.8 Å². The van der Waals surface area contributed by atoms with Crippen molar-refractivity contribution in [2.24, 2.45) is 5.73 Å². The van der Waals surface area contributed by atoms with Crippen LogP contribution in [0.3, 0.4) is 0 Å². The fraction of sp³-hybridized carbons (Fsp3) is 0.500. The highest BCUT2D eigenvalue weighted by molar-refractivity contribution is 5.74. The van der Waals surface area contributed by atoms with Crippen LogP contribution < -0.4 is 21.5 Å². The first kappa shape index (κ1) is 12.0. The maximum atomic E-state index is 10.7. The molecule has 1 atom stereocenters. The molecule has 0 fully saturated rings. The maximum absolute atomic E-state index is 10.7. The van der Waals surface area contributed by atoms with E-state index in [2.05, 4.69) is 20.3 Å². The zero-order chi connectivity index (χ0) is 12.1. The Bertz CT molecular complexity index is 383. The number of nitrogens with two attached hydrogens (primary N) is 2. The van der Waals surface area contributed by atoms with E-state index in [0.29, 0.717) is 0 Å². The second kappa shape index (κ2) is 5.10. The van der Waals surface area contributed by atoms with Gasteiger partial charge >= 0.3 is 6.01 Å². The minimum atomic E-state index is -0.408. The van der Waals surface area contributed by atoms with Crippen LogP contribution in [-0.4, -0.2) is 34.0 Å². The van der Waals surface area contributed by atoms with E-state index in [0.717, 1.165) is 0 Å². The number of amides is 1. The molecule has 1 aromatic rings. The van der Waals surface area contributed by atoms with Gasteiger partial charge < -0.3 is 21.5 Å². The van der Waals surface area contributed by atoms with Gasteiger partial charge in [0, 0.05) is 12.5 Å². The van der Waals surface area contributed by atoms with Gasteiger partial charge in [0.15, 0.2) is 0 Å². The van der Waals surface area contributed by atoms with Gasteiger partial charge in [0.1, 0.15) is 0 Å². The van der Waals surface area contributed by atoms with Crippen LogP contribution in [0.1, 0.15) is 13.3 Å². The van der Waals surface area contributed by atoms with E-state index < -0.39 is 5.91 Å². The Kier molecular flexibility index (Phi) is 3.81. The van der Waals surface area contributed by atoms with Crippen molar-refractivity contribution in [1.82, 2.24) is 15.0 Å². The normalized spacial score (nSPS) is 11.9. The van der Waals surface area contributed by atoms with Crippen LogP contribution in [0.15, 0.2) is 0 Å².